The van der Waals surface area contributed by atoms with Gasteiger partial charge in [0.15, 0.2) is 0 Å². The van der Waals surface area contributed by atoms with E-state index in [4.69, 9.17) is 0 Å². The van der Waals surface area contributed by atoms with E-state index >= 15 is 0 Å². The third kappa shape index (κ3) is 2.96. The van der Waals surface area contributed by atoms with E-state index in [1.165, 1.54) is 36.2 Å². The van der Waals surface area contributed by atoms with E-state index < -0.39 is 10.8 Å². The third-order valence-electron chi connectivity index (χ3n) is 4.12. The molecular formula is C19H14N4O3. The summed E-state index contributed by atoms with van der Waals surface area (Å²) in [6.07, 6.45) is 0. The van der Waals surface area contributed by atoms with E-state index in [9.17, 15) is 20.2 Å². The minimum absolute atomic E-state index is 0.117. The van der Waals surface area contributed by atoms with Gasteiger partial charge in [-0.3, -0.25) is 19.8 Å². The number of carbonyl (C=O) groups is 1. The zero-order valence-corrected chi connectivity index (χ0v) is 14.1. The highest BCUT2D eigenvalue weighted by atomic mass is 16.6. The van der Waals surface area contributed by atoms with Crippen LogP contribution in [-0.2, 0) is 0 Å². The predicted molar refractivity (Wildman–Crippen MR) is 97.0 cm³/mol. The third-order valence-corrected chi connectivity index (χ3v) is 4.12. The number of nitro benzene ring substituents is 1. The van der Waals surface area contributed by atoms with Gasteiger partial charge in [0, 0.05) is 29.6 Å². The first-order chi connectivity index (χ1) is 12.4. The molecule has 0 aliphatic carbocycles. The van der Waals surface area contributed by atoms with Crippen molar-refractivity contribution in [3.05, 3.63) is 75.3 Å². The second kappa shape index (κ2) is 6.61. The smallest absolute Gasteiger partial charge is 0.273 e. The van der Waals surface area contributed by atoms with Crippen LogP contribution in [0, 0.1) is 28.4 Å². The molecule has 7 heteroatoms. The van der Waals surface area contributed by atoms with Crippen LogP contribution in [0.4, 0.5) is 11.5 Å². The predicted octanol–water partition coefficient (Wildman–Crippen LogP) is 3.60. The summed E-state index contributed by atoms with van der Waals surface area (Å²) in [6.45, 7) is 1.61. The zero-order chi connectivity index (χ0) is 18.8. The maximum atomic E-state index is 12.7. The van der Waals surface area contributed by atoms with Crippen molar-refractivity contribution in [2.24, 2.45) is 0 Å². The number of aromatic nitrogens is 1. The number of nitrogens with zero attached hydrogens (tertiary/aromatic N) is 4. The van der Waals surface area contributed by atoms with Crippen LogP contribution in [0.3, 0.4) is 0 Å². The molecule has 1 amide bonds. The van der Waals surface area contributed by atoms with Gasteiger partial charge in [0.05, 0.1) is 22.1 Å². The van der Waals surface area contributed by atoms with Crippen LogP contribution in [-0.4, -0.2) is 22.9 Å². The average Bonchev–Trinajstić information content (AvgIpc) is 2.66. The Labute approximate surface area is 149 Å². The Morgan fingerprint density at radius 3 is 2.65 bits per heavy atom. The SMILES string of the molecule is Cc1ccc(C(=O)N(C)c2cc(C#N)c3ccccc3n2)cc1[N+](=O)[O-]. The number of hydrogen-bond donors (Lipinski definition) is 0. The van der Waals surface area contributed by atoms with Gasteiger partial charge in [-0.05, 0) is 25.1 Å². The van der Waals surface area contributed by atoms with E-state index in [2.05, 4.69) is 11.1 Å². The molecule has 1 aromatic heterocycles. The van der Waals surface area contributed by atoms with Gasteiger partial charge >= 0.3 is 0 Å². The minimum atomic E-state index is -0.520. The number of aryl methyl sites for hydroxylation is 1. The molecule has 0 spiro atoms. The molecule has 26 heavy (non-hydrogen) atoms. The molecule has 0 aliphatic rings. The summed E-state index contributed by atoms with van der Waals surface area (Å²) in [7, 11) is 1.52. The fourth-order valence-electron chi connectivity index (χ4n) is 2.66. The lowest BCUT2D eigenvalue weighted by Gasteiger charge is -2.17. The van der Waals surface area contributed by atoms with Crippen molar-refractivity contribution in [1.29, 1.82) is 5.26 Å². The van der Waals surface area contributed by atoms with E-state index in [0.717, 1.165) is 0 Å². The molecule has 0 bridgehead atoms. The average molecular weight is 346 g/mol. The Balaban J connectivity index is 2.04. The fraction of sp³-hybridized carbons (Fsp3) is 0.105. The van der Waals surface area contributed by atoms with Crippen LogP contribution in [0.25, 0.3) is 10.9 Å². The summed E-state index contributed by atoms with van der Waals surface area (Å²) >= 11 is 0. The Bertz CT molecular complexity index is 1090. The lowest BCUT2D eigenvalue weighted by Crippen LogP contribution is -2.27. The zero-order valence-electron chi connectivity index (χ0n) is 14.1. The summed E-state index contributed by atoms with van der Waals surface area (Å²) in [5, 5.41) is 21.2. The number of nitro groups is 1. The molecule has 0 saturated carbocycles. The Morgan fingerprint density at radius 2 is 1.96 bits per heavy atom. The summed E-state index contributed by atoms with van der Waals surface area (Å²) in [5.41, 5.74) is 1.53. The van der Waals surface area contributed by atoms with E-state index in [-0.39, 0.29) is 11.3 Å². The van der Waals surface area contributed by atoms with Gasteiger partial charge in [-0.2, -0.15) is 5.26 Å². The Morgan fingerprint density at radius 1 is 1.23 bits per heavy atom. The van der Waals surface area contributed by atoms with Crippen molar-refractivity contribution in [3.8, 4) is 6.07 Å². The molecule has 128 valence electrons. The van der Waals surface area contributed by atoms with Crippen molar-refractivity contribution in [2.75, 3.05) is 11.9 Å². The first kappa shape index (κ1) is 17.0. The number of hydrogen-bond acceptors (Lipinski definition) is 5. The Hall–Kier alpha value is -3.79. The molecular weight excluding hydrogens is 332 g/mol. The van der Waals surface area contributed by atoms with Crippen molar-refractivity contribution in [2.45, 2.75) is 6.92 Å². The van der Waals surface area contributed by atoms with Crippen LogP contribution in [0.2, 0.25) is 0 Å². The first-order valence-corrected chi connectivity index (χ1v) is 7.75. The maximum Gasteiger partial charge on any atom is 0.273 e. The highest BCUT2D eigenvalue weighted by molar-refractivity contribution is 6.06. The molecule has 0 atom stereocenters. The van der Waals surface area contributed by atoms with Crippen molar-refractivity contribution in [3.63, 3.8) is 0 Å². The fourth-order valence-corrected chi connectivity index (χ4v) is 2.66. The summed E-state index contributed by atoms with van der Waals surface area (Å²) < 4.78 is 0. The van der Waals surface area contributed by atoms with Crippen molar-refractivity contribution in [1.82, 2.24) is 4.98 Å². The Kier molecular flexibility index (Phi) is 4.33. The molecule has 3 rings (SSSR count). The number of nitriles is 1. The second-order valence-electron chi connectivity index (χ2n) is 5.78. The number of carbonyl (C=O) groups excluding carboxylic acids is 1. The van der Waals surface area contributed by atoms with E-state index in [0.29, 0.717) is 27.8 Å². The molecule has 0 saturated heterocycles. The quantitative estimate of drug-likeness (QED) is 0.533. The van der Waals surface area contributed by atoms with Gasteiger partial charge in [0.1, 0.15) is 5.82 Å². The van der Waals surface area contributed by atoms with E-state index in [1.807, 2.05) is 6.07 Å². The first-order valence-electron chi connectivity index (χ1n) is 7.75. The molecule has 0 aliphatic heterocycles. The van der Waals surface area contributed by atoms with Gasteiger partial charge in [-0.1, -0.05) is 24.3 Å². The number of fused-ring (bicyclic) bond motifs is 1. The highest BCUT2D eigenvalue weighted by Gasteiger charge is 2.20. The molecule has 0 unspecified atom stereocenters. The number of pyridine rings is 1. The van der Waals surface area contributed by atoms with Crippen LogP contribution >= 0.6 is 0 Å². The van der Waals surface area contributed by atoms with Crippen LogP contribution in [0.1, 0.15) is 21.5 Å². The van der Waals surface area contributed by atoms with Crippen molar-refractivity contribution < 1.29 is 9.72 Å². The number of amides is 1. The number of rotatable bonds is 3. The van der Waals surface area contributed by atoms with Crippen LogP contribution in [0.15, 0.2) is 48.5 Å². The van der Waals surface area contributed by atoms with Gasteiger partial charge in [0.25, 0.3) is 11.6 Å². The largest absolute Gasteiger partial charge is 0.296 e. The molecule has 0 radical (unpaired) electrons. The van der Waals surface area contributed by atoms with Gasteiger partial charge < -0.3 is 0 Å². The van der Waals surface area contributed by atoms with Gasteiger partial charge in [-0.15, -0.1) is 0 Å². The highest BCUT2D eigenvalue weighted by Crippen LogP contribution is 2.24. The van der Waals surface area contributed by atoms with Gasteiger partial charge in [0.2, 0.25) is 0 Å². The summed E-state index contributed by atoms with van der Waals surface area (Å²) in [4.78, 5) is 29.0. The topological polar surface area (TPSA) is 100 Å². The van der Waals surface area contributed by atoms with Crippen molar-refractivity contribution >= 4 is 28.3 Å². The van der Waals surface area contributed by atoms with Gasteiger partial charge in [-0.25, -0.2) is 4.98 Å². The maximum absolute atomic E-state index is 12.7. The van der Waals surface area contributed by atoms with E-state index in [1.54, 1.807) is 25.1 Å². The standard InChI is InChI=1S/C19H14N4O3/c1-12-7-8-13(9-17(12)23(25)26)19(24)22(2)18-10-14(11-20)15-5-3-4-6-16(15)21-18/h3-10H,1-2H3. The molecule has 7 nitrogen and oxygen atoms in total. The molecule has 2 aromatic carbocycles. The number of para-hydroxylation sites is 1. The lowest BCUT2D eigenvalue weighted by molar-refractivity contribution is -0.385. The molecule has 3 aromatic rings. The normalized spacial score (nSPS) is 10.3. The monoisotopic (exact) mass is 346 g/mol. The van der Waals surface area contributed by atoms with Crippen LogP contribution in [0.5, 0.6) is 0 Å². The second-order valence-corrected chi connectivity index (χ2v) is 5.78. The molecule has 0 N–H and O–H groups in total. The van der Waals surface area contributed by atoms with Crippen LogP contribution < -0.4 is 4.90 Å². The summed E-state index contributed by atoms with van der Waals surface area (Å²) in [5.74, 6) is -0.145. The molecule has 0 fully saturated rings. The lowest BCUT2D eigenvalue weighted by atomic mass is 10.1. The number of benzene rings is 2. The number of anilines is 1. The molecule has 1 heterocycles. The minimum Gasteiger partial charge on any atom is -0.296 e. The summed E-state index contributed by atoms with van der Waals surface area (Å²) in [6, 6.07) is 15.1.